The van der Waals surface area contributed by atoms with E-state index < -0.39 is 17.1 Å². The Kier molecular flexibility index (Phi) is 3.70. The number of ketones is 2. The van der Waals surface area contributed by atoms with Gasteiger partial charge in [-0.2, -0.15) is 0 Å². The van der Waals surface area contributed by atoms with Crippen molar-refractivity contribution >= 4 is 11.6 Å². The fourth-order valence-corrected chi connectivity index (χ4v) is 6.25. The third-order valence-corrected chi connectivity index (χ3v) is 7.95. The van der Waals surface area contributed by atoms with Crippen LogP contribution >= 0.6 is 0 Å². The lowest BCUT2D eigenvalue weighted by atomic mass is 9.43. The summed E-state index contributed by atoms with van der Waals surface area (Å²) in [4.78, 5) is 25.8. The molecule has 6 atom stereocenters. The van der Waals surface area contributed by atoms with E-state index in [1.54, 1.807) is 0 Å². The summed E-state index contributed by atoms with van der Waals surface area (Å²) in [5.41, 5.74) is -0.836. The Morgan fingerprint density at radius 3 is 2.42 bits per heavy atom. The smallest absolute Gasteiger partial charge is 0.286 e. The van der Waals surface area contributed by atoms with Crippen LogP contribution in [-0.2, 0) is 19.1 Å². The maximum atomic E-state index is 13.2. The van der Waals surface area contributed by atoms with Gasteiger partial charge in [0.25, 0.3) is 5.95 Å². The largest absolute Gasteiger partial charge is 0.462 e. The first-order valence-corrected chi connectivity index (χ1v) is 9.83. The van der Waals surface area contributed by atoms with Gasteiger partial charge in [0, 0.05) is 24.2 Å². The summed E-state index contributed by atoms with van der Waals surface area (Å²) >= 11 is 0. The Balaban J connectivity index is 1.79. The lowest BCUT2D eigenvalue weighted by molar-refractivity contribution is -0.221. The third-order valence-electron chi connectivity index (χ3n) is 7.95. The van der Waals surface area contributed by atoms with E-state index in [2.05, 4.69) is 20.8 Å². The van der Waals surface area contributed by atoms with Gasteiger partial charge in [0.15, 0.2) is 5.78 Å². The quantitative estimate of drug-likeness (QED) is 0.717. The molecule has 144 valence electrons. The molecule has 2 aliphatic carbocycles. The van der Waals surface area contributed by atoms with E-state index in [4.69, 9.17) is 9.47 Å². The number of fused-ring (bicyclic) bond motifs is 3. The Morgan fingerprint density at radius 2 is 1.73 bits per heavy atom. The first-order valence-electron chi connectivity index (χ1n) is 9.83. The number of ether oxygens (including phenoxy) is 2. The molecule has 26 heavy (non-hydrogen) atoms. The van der Waals surface area contributed by atoms with E-state index in [0.717, 1.165) is 12.8 Å². The Bertz CT molecular complexity index is 707. The van der Waals surface area contributed by atoms with Crippen LogP contribution in [0.1, 0.15) is 66.7 Å². The van der Waals surface area contributed by atoms with Gasteiger partial charge in [0.05, 0.1) is 11.7 Å². The molecular formula is C21H30O5. The van der Waals surface area contributed by atoms with Gasteiger partial charge in [-0.05, 0) is 44.4 Å². The Morgan fingerprint density at radius 1 is 1.04 bits per heavy atom. The monoisotopic (exact) mass is 362 g/mol. The van der Waals surface area contributed by atoms with Gasteiger partial charge in [0.2, 0.25) is 0 Å². The summed E-state index contributed by atoms with van der Waals surface area (Å²) < 4.78 is 12.1. The van der Waals surface area contributed by atoms with Crippen LogP contribution in [0.5, 0.6) is 0 Å². The number of aliphatic hydroxyl groups excluding tert-OH is 1. The van der Waals surface area contributed by atoms with Crippen molar-refractivity contribution in [2.24, 2.45) is 22.7 Å². The van der Waals surface area contributed by atoms with Gasteiger partial charge >= 0.3 is 0 Å². The van der Waals surface area contributed by atoms with E-state index in [0.29, 0.717) is 24.4 Å². The predicted molar refractivity (Wildman–Crippen MR) is 95.0 cm³/mol. The predicted octanol–water partition coefficient (Wildman–Crippen LogP) is 3.15. The highest BCUT2D eigenvalue weighted by molar-refractivity contribution is 5.97. The van der Waals surface area contributed by atoms with Crippen LogP contribution < -0.4 is 0 Å². The number of allylic oxidation sites excluding steroid dienone is 1. The standard InChI is InChI=1S/C21H30O5/c1-11-8-13(22)12-9-15-20(4,26-18(12)25-11)7-6-14-19(2,3)16(23)10-17(24)21(14,15)5/h11,14-16,23H,6-10H2,1-5H3/t11-,14-,15-,16-,20-,21-/m1/s1. The zero-order chi connectivity index (χ0) is 19.1. The molecule has 0 amide bonds. The molecule has 4 rings (SSSR count). The van der Waals surface area contributed by atoms with Gasteiger partial charge in [-0.25, -0.2) is 0 Å². The lowest BCUT2D eigenvalue weighted by Gasteiger charge is -2.63. The maximum Gasteiger partial charge on any atom is 0.286 e. The van der Waals surface area contributed by atoms with Crippen LogP contribution in [0, 0.1) is 22.7 Å². The molecule has 0 saturated heterocycles. The molecule has 0 radical (unpaired) electrons. The second-order valence-corrected chi connectivity index (χ2v) is 9.83. The molecule has 5 heteroatoms. The summed E-state index contributed by atoms with van der Waals surface area (Å²) in [7, 11) is 0. The molecule has 0 aromatic carbocycles. The number of aliphatic hydroxyl groups is 1. The number of rotatable bonds is 0. The maximum absolute atomic E-state index is 13.2. The molecule has 0 aromatic heterocycles. The van der Waals surface area contributed by atoms with Crippen LogP contribution in [0.15, 0.2) is 11.5 Å². The molecule has 2 heterocycles. The van der Waals surface area contributed by atoms with Crippen molar-refractivity contribution in [1.82, 2.24) is 0 Å². The minimum absolute atomic E-state index is 0.0762. The zero-order valence-corrected chi connectivity index (χ0v) is 16.4. The first kappa shape index (κ1) is 18.0. The van der Waals surface area contributed by atoms with Gasteiger partial charge in [-0.15, -0.1) is 0 Å². The van der Waals surface area contributed by atoms with Gasteiger partial charge < -0.3 is 14.6 Å². The van der Waals surface area contributed by atoms with Crippen molar-refractivity contribution in [3.63, 3.8) is 0 Å². The molecule has 2 aliphatic heterocycles. The second kappa shape index (κ2) is 5.34. The van der Waals surface area contributed by atoms with Crippen LogP contribution in [0.25, 0.3) is 0 Å². The molecule has 5 nitrogen and oxygen atoms in total. The average molecular weight is 362 g/mol. The SMILES string of the molecule is C[C@@H]1CC(=O)C2=C(O1)O[C@]1(C)CC[C@@H]3C(C)(C)[C@H](O)CC(=O)[C@@]3(C)[C@@H]1C2. The highest BCUT2D eigenvalue weighted by Gasteiger charge is 2.66. The fraction of sp³-hybridized carbons (Fsp3) is 0.810. The van der Waals surface area contributed by atoms with Gasteiger partial charge in [0.1, 0.15) is 17.5 Å². The number of Topliss-reactive ketones (excluding diaryl/α,β-unsaturated/α-hetero) is 2. The molecule has 0 aromatic rings. The van der Waals surface area contributed by atoms with E-state index >= 15 is 0 Å². The second-order valence-electron chi connectivity index (χ2n) is 9.83. The topological polar surface area (TPSA) is 72.8 Å². The summed E-state index contributed by atoms with van der Waals surface area (Å²) in [6, 6.07) is 0. The first-order chi connectivity index (χ1) is 12.0. The Labute approximate surface area is 155 Å². The van der Waals surface area contributed by atoms with Crippen LogP contribution in [0.3, 0.4) is 0 Å². The molecule has 4 aliphatic rings. The van der Waals surface area contributed by atoms with E-state index in [9.17, 15) is 14.7 Å². The minimum Gasteiger partial charge on any atom is -0.462 e. The summed E-state index contributed by atoms with van der Waals surface area (Å²) in [6.45, 7) is 10.1. The van der Waals surface area contributed by atoms with Crippen LogP contribution in [0.4, 0.5) is 0 Å². The normalized spacial score (nSPS) is 47.3. The Hall–Kier alpha value is -1.36. The number of carbonyl (C=O) groups excluding carboxylic acids is 2. The number of carbonyl (C=O) groups is 2. The molecule has 2 fully saturated rings. The fourth-order valence-electron chi connectivity index (χ4n) is 6.25. The van der Waals surface area contributed by atoms with Crippen molar-refractivity contribution in [3.8, 4) is 0 Å². The van der Waals surface area contributed by atoms with E-state index in [-0.39, 0.29) is 41.3 Å². The van der Waals surface area contributed by atoms with E-state index in [1.165, 1.54) is 0 Å². The zero-order valence-electron chi connectivity index (χ0n) is 16.4. The van der Waals surface area contributed by atoms with Crippen LogP contribution in [-0.4, -0.2) is 34.5 Å². The molecular weight excluding hydrogens is 332 g/mol. The highest BCUT2D eigenvalue weighted by atomic mass is 16.7. The molecule has 2 saturated carbocycles. The summed E-state index contributed by atoms with van der Waals surface area (Å²) in [6.07, 6.45) is 1.91. The van der Waals surface area contributed by atoms with Gasteiger partial charge in [-0.3, -0.25) is 9.59 Å². The summed E-state index contributed by atoms with van der Waals surface area (Å²) in [5, 5.41) is 10.5. The number of hydrogen-bond donors (Lipinski definition) is 1. The van der Waals surface area contributed by atoms with Crippen molar-refractivity contribution in [3.05, 3.63) is 11.5 Å². The number of hydrogen-bond acceptors (Lipinski definition) is 5. The summed E-state index contributed by atoms with van der Waals surface area (Å²) in [5.74, 6) is 0.572. The van der Waals surface area contributed by atoms with Crippen molar-refractivity contribution in [2.75, 3.05) is 0 Å². The molecule has 1 N–H and O–H groups in total. The van der Waals surface area contributed by atoms with Crippen LogP contribution in [0.2, 0.25) is 0 Å². The third kappa shape index (κ3) is 2.19. The molecule has 0 unspecified atom stereocenters. The minimum atomic E-state index is -0.614. The van der Waals surface area contributed by atoms with E-state index in [1.807, 2.05) is 13.8 Å². The van der Waals surface area contributed by atoms with Gasteiger partial charge in [-0.1, -0.05) is 20.8 Å². The molecule has 0 spiro atoms. The lowest BCUT2D eigenvalue weighted by Crippen LogP contribution is -2.66. The highest BCUT2D eigenvalue weighted by Crippen LogP contribution is 2.64. The van der Waals surface area contributed by atoms with Crippen molar-refractivity contribution < 1.29 is 24.2 Å². The molecule has 0 bridgehead atoms. The van der Waals surface area contributed by atoms with Crippen molar-refractivity contribution in [1.29, 1.82) is 0 Å². The average Bonchev–Trinajstić information content (AvgIpc) is 2.51. The van der Waals surface area contributed by atoms with Crippen molar-refractivity contribution in [2.45, 2.75) is 84.5 Å².